The van der Waals surface area contributed by atoms with Gasteiger partial charge in [0.15, 0.2) is 0 Å². The van der Waals surface area contributed by atoms with Crippen LogP contribution in [0.5, 0.6) is 0 Å². The lowest BCUT2D eigenvalue weighted by Gasteiger charge is -2.19. The van der Waals surface area contributed by atoms with Crippen LogP contribution < -0.4 is 0 Å². The molecule has 0 aliphatic carbocycles. The number of benzene rings is 1. The zero-order valence-electron chi connectivity index (χ0n) is 10.5. The van der Waals surface area contributed by atoms with Crippen LogP contribution in [0.25, 0.3) is 0 Å². The molecule has 0 aliphatic heterocycles. The SMILES string of the molecule is CC(C)S(=O)(=O)N(C)Cc1cccc([N+](=O)[O-])c1. The second-order valence-electron chi connectivity index (χ2n) is 4.28. The van der Waals surface area contributed by atoms with Gasteiger partial charge in [0.1, 0.15) is 0 Å². The van der Waals surface area contributed by atoms with Crippen LogP contribution in [-0.2, 0) is 16.6 Å². The van der Waals surface area contributed by atoms with Gasteiger partial charge in [-0.05, 0) is 19.4 Å². The van der Waals surface area contributed by atoms with Crippen molar-refractivity contribution in [3.05, 3.63) is 39.9 Å². The van der Waals surface area contributed by atoms with Crippen molar-refractivity contribution in [2.45, 2.75) is 25.6 Å². The highest BCUT2D eigenvalue weighted by Crippen LogP contribution is 2.16. The number of hydrogen-bond donors (Lipinski definition) is 0. The molecule has 0 atom stereocenters. The highest BCUT2D eigenvalue weighted by atomic mass is 32.2. The lowest BCUT2D eigenvalue weighted by molar-refractivity contribution is -0.384. The van der Waals surface area contributed by atoms with Gasteiger partial charge < -0.3 is 0 Å². The zero-order valence-corrected chi connectivity index (χ0v) is 11.3. The van der Waals surface area contributed by atoms with Gasteiger partial charge in [0.2, 0.25) is 10.0 Å². The van der Waals surface area contributed by atoms with Crippen molar-refractivity contribution in [2.75, 3.05) is 7.05 Å². The molecule has 0 aliphatic rings. The van der Waals surface area contributed by atoms with Gasteiger partial charge in [-0.3, -0.25) is 10.1 Å². The summed E-state index contributed by atoms with van der Waals surface area (Å²) in [6, 6.07) is 5.97. The molecule has 18 heavy (non-hydrogen) atoms. The molecule has 0 fully saturated rings. The van der Waals surface area contributed by atoms with E-state index in [1.54, 1.807) is 26.0 Å². The van der Waals surface area contributed by atoms with Gasteiger partial charge >= 0.3 is 0 Å². The Morgan fingerprint density at radius 2 is 2.00 bits per heavy atom. The Kier molecular flexibility index (Phi) is 4.42. The number of nitrogens with zero attached hydrogens (tertiary/aromatic N) is 2. The normalized spacial score (nSPS) is 12.1. The van der Waals surface area contributed by atoms with Crippen molar-refractivity contribution in [1.29, 1.82) is 0 Å². The number of hydrogen-bond acceptors (Lipinski definition) is 4. The van der Waals surface area contributed by atoms with Gasteiger partial charge in [-0.15, -0.1) is 0 Å². The monoisotopic (exact) mass is 272 g/mol. The first-order valence-electron chi connectivity index (χ1n) is 5.43. The lowest BCUT2D eigenvalue weighted by atomic mass is 10.2. The minimum atomic E-state index is -3.34. The number of nitro benzene ring substituents is 1. The van der Waals surface area contributed by atoms with Crippen LogP contribution in [0.3, 0.4) is 0 Å². The maximum atomic E-state index is 11.8. The van der Waals surface area contributed by atoms with Crippen LogP contribution in [0, 0.1) is 10.1 Å². The third-order valence-corrected chi connectivity index (χ3v) is 4.75. The van der Waals surface area contributed by atoms with Gasteiger partial charge in [0.05, 0.1) is 10.2 Å². The molecular weight excluding hydrogens is 256 g/mol. The van der Waals surface area contributed by atoms with Crippen molar-refractivity contribution in [2.24, 2.45) is 0 Å². The molecule has 100 valence electrons. The van der Waals surface area contributed by atoms with Crippen molar-refractivity contribution in [3.8, 4) is 0 Å². The third-order valence-electron chi connectivity index (χ3n) is 2.56. The standard InChI is InChI=1S/C11H16N2O4S/c1-9(2)18(16,17)12(3)8-10-5-4-6-11(7-10)13(14)15/h4-7,9H,8H2,1-3H3. The Labute approximate surface area is 106 Å². The van der Waals surface area contributed by atoms with Gasteiger partial charge in [-0.1, -0.05) is 12.1 Å². The van der Waals surface area contributed by atoms with E-state index >= 15 is 0 Å². The van der Waals surface area contributed by atoms with Crippen LogP contribution in [0.15, 0.2) is 24.3 Å². The quantitative estimate of drug-likeness (QED) is 0.604. The smallest absolute Gasteiger partial charge is 0.258 e. The van der Waals surface area contributed by atoms with Crippen LogP contribution in [0.1, 0.15) is 19.4 Å². The fourth-order valence-electron chi connectivity index (χ4n) is 1.48. The summed E-state index contributed by atoms with van der Waals surface area (Å²) in [5, 5.41) is 10.1. The molecule has 0 unspecified atom stereocenters. The van der Waals surface area contributed by atoms with E-state index in [9.17, 15) is 18.5 Å². The molecule has 0 amide bonds. The molecule has 0 saturated heterocycles. The Balaban J connectivity index is 2.92. The second kappa shape index (κ2) is 5.45. The summed E-state index contributed by atoms with van der Waals surface area (Å²) in [6.45, 7) is 3.32. The molecule has 0 aromatic heterocycles. The van der Waals surface area contributed by atoms with E-state index in [0.717, 1.165) is 0 Å². The van der Waals surface area contributed by atoms with Crippen molar-refractivity contribution in [1.82, 2.24) is 4.31 Å². The Morgan fingerprint density at radius 1 is 1.39 bits per heavy atom. The van der Waals surface area contributed by atoms with Crippen LogP contribution >= 0.6 is 0 Å². The summed E-state index contributed by atoms with van der Waals surface area (Å²) in [5.74, 6) is 0. The van der Waals surface area contributed by atoms with E-state index in [1.807, 2.05) is 0 Å². The number of rotatable bonds is 5. The summed E-state index contributed by atoms with van der Waals surface area (Å²) in [6.07, 6.45) is 0. The van der Waals surface area contributed by atoms with E-state index in [1.165, 1.54) is 23.5 Å². The van der Waals surface area contributed by atoms with E-state index in [0.29, 0.717) is 5.56 Å². The highest BCUT2D eigenvalue weighted by Gasteiger charge is 2.22. The fraction of sp³-hybridized carbons (Fsp3) is 0.455. The van der Waals surface area contributed by atoms with Gasteiger partial charge in [0, 0.05) is 25.7 Å². The van der Waals surface area contributed by atoms with E-state index in [4.69, 9.17) is 0 Å². The average Bonchev–Trinajstić information content (AvgIpc) is 2.28. The molecular formula is C11H16N2O4S. The molecule has 0 N–H and O–H groups in total. The molecule has 0 saturated carbocycles. The first-order valence-corrected chi connectivity index (χ1v) is 6.94. The van der Waals surface area contributed by atoms with Crippen molar-refractivity contribution < 1.29 is 13.3 Å². The van der Waals surface area contributed by atoms with Gasteiger partial charge in [-0.2, -0.15) is 0 Å². The summed E-state index contributed by atoms with van der Waals surface area (Å²) in [4.78, 5) is 10.1. The Bertz CT molecular complexity index is 540. The predicted molar refractivity (Wildman–Crippen MR) is 68.6 cm³/mol. The first kappa shape index (κ1) is 14.6. The Hall–Kier alpha value is -1.47. The molecule has 1 aromatic rings. The fourth-order valence-corrected chi connectivity index (χ4v) is 2.52. The molecule has 0 radical (unpaired) electrons. The minimum Gasteiger partial charge on any atom is -0.258 e. The molecule has 0 bridgehead atoms. The van der Waals surface area contributed by atoms with E-state index < -0.39 is 20.2 Å². The molecule has 0 spiro atoms. The number of nitro groups is 1. The Morgan fingerprint density at radius 3 is 2.50 bits per heavy atom. The second-order valence-corrected chi connectivity index (χ2v) is 6.87. The molecule has 1 aromatic carbocycles. The first-order chi connectivity index (χ1) is 8.25. The topological polar surface area (TPSA) is 80.5 Å². The van der Waals surface area contributed by atoms with Crippen LogP contribution in [0.2, 0.25) is 0 Å². The number of non-ortho nitro benzene ring substituents is 1. The van der Waals surface area contributed by atoms with Gasteiger partial charge in [0.25, 0.3) is 5.69 Å². The summed E-state index contributed by atoms with van der Waals surface area (Å²) in [7, 11) is -1.88. The molecule has 0 heterocycles. The molecule has 6 nitrogen and oxygen atoms in total. The highest BCUT2D eigenvalue weighted by molar-refractivity contribution is 7.89. The molecule has 1 rings (SSSR count). The number of sulfonamides is 1. The van der Waals surface area contributed by atoms with E-state index in [2.05, 4.69) is 0 Å². The summed E-state index contributed by atoms with van der Waals surface area (Å²) in [5.41, 5.74) is 0.554. The summed E-state index contributed by atoms with van der Waals surface area (Å²) < 4.78 is 24.9. The van der Waals surface area contributed by atoms with E-state index in [-0.39, 0.29) is 12.2 Å². The average molecular weight is 272 g/mol. The maximum Gasteiger partial charge on any atom is 0.269 e. The summed E-state index contributed by atoms with van der Waals surface area (Å²) >= 11 is 0. The van der Waals surface area contributed by atoms with Crippen molar-refractivity contribution >= 4 is 15.7 Å². The lowest BCUT2D eigenvalue weighted by Crippen LogP contribution is -2.32. The third kappa shape index (κ3) is 3.27. The van der Waals surface area contributed by atoms with Gasteiger partial charge in [-0.25, -0.2) is 12.7 Å². The zero-order chi connectivity index (χ0) is 13.9. The maximum absolute atomic E-state index is 11.8. The van der Waals surface area contributed by atoms with Crippen molar-refractivity contribution in [3.63, 3.8) is 0 Å². The predicted octanol–water partition coefficient (Wildman–Crippen LogP) is 1.76. The van der Waals surface area contributed by atoms with Crippen LogP contribution in [0.4, 0.5) is 5.69 Å². The molecule has 7 heteroatoms. The minimum absolute atomic E-state index is 0.0390. The van der Waals surface area contributed by atoms with Crippen LogP contribution in [-0.4, -0.2) is 29.9 Å². The largest absolute Gasteiger partial charge is 0.269 e.